The van der Waals surface area contributed by atoms with Crippen LogP contribution >= 0.6 is 0 Å². The van der Waals surface area contributed by atoms with Crippen LogP contribution in [0.15, 0.2) is 12.3 Å². The predicted molar refractivity (Wildman–Crippen MR) is 89.9 cm³/mol. The summed E-state index contributed by atoms with van der Waals surface area (Å²) >= 11 is 0. The molecule has 3 aliphatic rings. The van der Waals surface area contributed by atoms with Crippen molar-refractivity contribution >= 4 is 5.97 Å². The van der Waals surface area contributed by atoms with Crippen molar-refractivity contribution in [2.75, 3.05) is 6.61 Å². The van der Waals surface area contributed by atoms with Crippen molar-refractivity contribution in [2.45, 2.75) is 75.0 Å². The molecule has 2 aliphatic carbocycles. The highest BCUT2D eigenvalue weighted by molar-refractivity contribution is 5.66. The van der Waals surface area contributed by atoms with Crippen LogP contribution < -0.4 is 0 Å². The largest absolute Gasteiger partial charge is 0.472 e. The highest BCUT2D eigenvalue weighted by Gasteiger charge is 2.61. The quantitative estimate of drug-likeness (QED) is 0.375. The zero-order valence-electron chi connectivity index (χ0n) is 15.4. The number of rotatable bonds is 4. The Morgan fingerprint density at radius 2 is 1.93 bits per heavy atom. The second-order valence-electron chi connectivity index (χ2n) is 8.01. The third-order valence-corrected chi connectivity index (χ3v) is 6.08. The summed E-state index contributed by atoms with van der Waals surface area (Å²) in [6.45, 7) is 2.60. The average Bonchev–Trinajstić information content (AvgIpc) is 2.86. The van der Waals surface area contributed by atoms with E-state index in [1.165, 1.54) is 19.3 Å². The van der Waals surface area contributed by atoms with Crippen LogP contribution in [0.3, 0.4) is 0 Å². The van der Waals surface area contributed by atoms with E-state index in [9.17, 15) is 30.3 Å². The number of carbonyl (C=O) groups excluding carboxylic acids is 1. The maximum atomic E-state index is 11.6. The van der Waals surface area contributed by atoms with E-state index in [-0.39, 0.29) is 13.0 Å². The van der Waals surface area contributed by atoms with Gasteiger partial charge in [-0.2, -0.15) is 0 Å². The summed E-state index contributed by atoms with van der Waals surface area (Å²) in [7, 11) is 0. The molecule has 0 saturated heterocycles. The molecule has 3 rings (SSSR count). The van der Waals surface area contributed by atoms with Crippen molar-refractivity contribution in [1.82, 2.24) is 0 Å². The molecule has 0 aromatic carbocycles. The second-order valence-corrected chi connectivity index (χ2v) is 8.01. The lowest BCUT2D eigenvalue weighted by Crippen LogP contribution is -2.59. The Bertz CT molecular complexity index is 593. The molecule has 1 aliphatic heterocycles. The predicted octanol–water partition coefficient (Wildman–Crippen LogP) is -1.20. The standard InChI is InChI=1S/C18H28O9/c1-9(20)27-17(2)3-4-18(24)5-6-25-16(15(17)18)26-11-7-10(8-19)12(21)14(23)13(11)22/h5-6,10-16,19,21-24H,3-4,7-8H2,1-2H3. The van der Waals surface area contributed by atoms with Crippen molar-refractivity contribution in [1.29, 1.82) is 0 Å². The number of hydrogen-bond acceptors (Lipinski definition) is 9. The van der Waals surface area contributed by atoms with Gasteiger partial charge in [0.15, 0.2) is 0 Å². The Morgan fingerprint density at radius 1 is 1.22 bits per heavy atom. The molecule has 0 radical (unpaired) electrons. The van der Waals surface area contributed by atoms with Crippen molar-refractivity contribution in [3.05, 3.63) is 12.3 Å². The Hall–Kier alpha value is -1.23. The summed E-state index contributed by atoms with van der Waals surface area (Å²) in [5.74, 6) is -1.91. The minimum Gasteiger partial charge on any atom is -0.472 e. The topological polar surface area (TPSA) is 146 Å². The summed E-state index contributed by atoms with van der Waals surface area (Å²) in [4.78, 5) is 11.6. The van der Waals surface area contributed by atoms with Gasteiger partial charge in [-0.05, 0) is 32.3 Å². The van der Waals surface area contributed by atoms with E-state index in [4.69, 9.17) is 14.2 Å². The maximum absolute atomic E-state index is 11.6. The second kappa shape index (κ2) is 7.31. The van der Waals surface area contributed by atoms with E-state index in [2.05, 4.69) is 0 Å². The van der Waals surface area contributed by atoms with Gasteiger partial charge in [-0.25, -0.2) is 0 Å². The molecule has 0 amide bonds. The minimum atomic E-state index is -1.48. The fourth-order valence-electron chi connectivity index (χ4n) is 4.63. The average molecular weight is 388 g/mol. The normalized spacial score (nSPS) is 49.4. The highest BCUT2D eigenvalue weighted by Crippen LogP contribution is 2.51. The molecule has 154 valence electrons. The molecular formula is C18H28O9. The summed E-state index contributed by atoms with van der Waals surface area (Å²) in [6.07, 6.45) is -2.50. The fourth-order valence-corrected chi connectivity index (χ4v) is 4.63. The molecule has 0 aromatic rings. The van der Waals surface area contributed by atoms with E-state index < -0.39 is 59.7 Å². The van der Waals surface area contributed by atoms with E-state index in [0.717, 1.165) is 0 Å². The van der Waals surface area contributed by atoms with Crippen LogP contribution in [0.1, 0.15) is 33.1 Å². The number of ether oxygens (including phenoxy) is 3. The molecule has 9 nitrogen and oxygen atoms in total. The SMILES string of the molecule is CC(=O)OC1(C)CCC2(O)C=COC(OC3CC(CO)C(O)C(O)C3O)C21. The highest BCUT2D eigenvalue weighted by atomic mass is 16.7. The molecule has 0 spiro atoms. The Balaban J connectivity index is 1.83. The van der Waals surface area contributed by atoms with Crippen LogP contribution in [0.2, 0.25) is 0 Å². The summed E-state index contributed by atoms with van der Waals surface area (Å²) in [5.41, 5.74) is -2.34. The lowest BCUT2D eigenvalue weighted by Gasteiger charge is -2.46. The van der Waals surface area contributed by atoms with E-state index in [1.54, 1.807) is 6.92 Å². The molecule has 5 N–H and O–H groups in total. The molecule has 2 saturated carbocycles. The number of fused-ring (bicyclic) bond motifs is 1. The van der Waals surface area contributed by atoms with Gasteiger partial charge in [-0.15, -0.1) is 0 Å². The Kier molecular flexibility index (Phi) is 5.55. The number of aliphatic hydroxyl groups excluding tert-OH is 4. The van der Waals surface area contributed by atoms with E-state index in [1.807, 2.05) is 0 Å². The number of esters is 1. The fraction of sp³-hybridized carbons (Fsp3) is 0.833. The first-order valence-corrected chi connectivity index (χ1v) is 9.17. The first-order chi connectivity index (χ1) is 12.6. The zero-order valence-corrected chi connectivity index (χ0v) is 15.4. The molecule has 1 heterocycles. The molecule has 9 unspecified atom stereocenters. The molecule has 9 atom stereocenters. The lowest BCUT2D eigenvalue weighted by molar-refractivity contribution is -0.272. The van der Waals surface area contributed by atoms with Crippen LogP contribution in [-0.2, 0) is 19.0 Å². The van der Waals surface area contributed by atoms with Crippen LogP contribution in [0.4, 0.5) is 0 Å². The molecule has 0 aromatic heterocycles. The number of aliphatic hydroxyl groups is 5. The van der Waals surface area contributed by atoms with Crippen molar-refractivity contribution < 1.29 is 44.5 Å². The van der Waals surface area contributed by atoms with Gasteiger partial charge in [0.2, 0.25) is 6.29 Å². The maximum Gasteiger partial charge on any atom is 0.303 e. The number of carbonyl (C=O) groups is 1. The van der Waals surface area contributed by atoms with E-state index in [0.29, 0.717) is 12.8 Å². The van der Waals surface area contributed by atoms with Crippen LogP contribution in [0.5, 0.6) is 0 Å². The van der Waals surface area contributed by atoms with Gasteiger partial charge in [0.05, 0.1) is 30.0 Å². The third-order valence-electron chi connectivity index (χ3n) is 6.08. The smallest absolute Gasteiger partial charge is 0.303 e. The van der Waals surface area contributed by atoms with Crippen LogP contribution in [-0.4, -0.2) is 80.0 Å². The van der Waals surface area contributed by atoms with Crippen LogP contribution in [0, 0.1) is 11.8 Å². The van der Waals surface area contributed by atoms with Gasteiger partial charge in [0.1, 0.15) is 17.8 Å². The molecule has 9 heteroatoms. The Morgan fingerprint density at radius 3 is 2.56 bits per heavy atom. The third kappa shape index (κ3) is 3.59. The van der Waals surface area contributed by atoms with Gasteiger partial charge in [-0.3, -0.25) is 4.79 Å². The van der Waals surface area contributed by atoms with Crippen molar-refractivity contribution in [2.24, 2.45) is 11.8 Å². The van der Waals surface area contributed by atoms with Crippen molar-refractivity contribution in [3.8, 4) is 0 Å². The molecular weight excluding hydrogens is 360 g/mol. The van der Waals surface area contributed by atoms with Crippen molar-refractivity contribution in [3.63, 3.8) is 0 Å². The number of hydrogen-bond donors (Lipinski definition) is 5. The zero-order chi connectivity index (χ0) is 20.0. The van der Waals surface area contributed by atoms with E-state index >= 15 is 0 Å². The van der Waals surface area contributed by atoms with Gasteiger partial charge >= 0.3 is 5.97 Å². The first kappa shape index (κ1) is 20.5. The van der Waals surface area contributed by atoms with Gasteiger partial charge < -0.3 is 39.7 Å². The van der Waals surface area contributed by atoms with Gasteiger partial charge in [0, 0.05) is 19.4 Å². The lowest BCUT2D eigenvalue weighted by atomic mass is 9.79. The van der Waals surface area contributed by atoms with Gasteiger partial charge in [0.25, 0.3) is 0 Å². The Labute approximate surface area is 157 Å². The monoisotopic (exact) mass is 388 g/mol. The molecule has 0 bridgehead atoms. The van der Waals surface area contributed by atoms with Crippen LogP contribution in [0.25, 0.3) is 0 Å². The summed E-state index contributed by atoms with van der Waals surface area (Å²) in [5, 5.41) is 50.7. The first-order valence-electron chi connectivity index (χ1n) is 9.17. The molecule has 27 heavy (non-hydrogen) atoms. The minimum absolute atomic E-state index is 0.0922. The summed E-state index contributed by atoms with van der Waals surface area (Å²) < 4.78 is 16.9. The molecule has 2 fully saturated rings. The summed E-state index contributed by atoms with van der Waals surface area (Å²) in [6, 6.07) is 0. The van der Waals surface area contributed by atoms with Gasteiger partial charge in [-0.1, -0.05) is 0 Å².